The monoisotopic (exact) mass is 153 g/mol. The zero-order chi connectivity index (χ0) is 8.60. The van der Waals surface area contributed by atoms with Crippen LogP contribution in [-0.4, -0.2) is 0 Å². The fourth-order valence-electron chi connectivity index (χ4n) is 2.90. The lowest BCUT2D eigenvalue weighted by Crippen LogP contribution is -2.12. The summed E-state index contributed by atoms with van der Waals surface area (Å²) in [4.78, 5) is 0. The van der Waals surface area contributed by atoms with E-state index in [2.05, 4.69) is 6.92 Å². The molecule has 0 spiro atoms. The van der Waals surface area contributed by atoms with E-state index in [1.54, 1.807) is 0 Å². The molecule has 64 valence electrons. The van der Waals surface area contributed by atoms with E-state index in [-0.39, 0.29) is 5.89 Å². The number of hydrogen-bond acceptors (Lipinski definition) is 0. The molecule has 2 rings (SSSR count). The van der Waals surface area contributed by atoms with Crippen molar-refractivity contribution in [3.8, 4) is 0 Å². The molecule has 0 heteroatoms. The van der Waals surface area contributed by atoms with E-state index in [4.69, 9.17) is 1.37 Å². The Labute approximate surface area is 71.8 Å². The molecule has 2 aliphatic carbocycles. The summed E-state index contributed by atoms with van der Waals surface area (Å²) >= 11 is 0. The van der Waals surface area contributed by atoms with Crippen molar-refractivity contribution in [3.63, 3.8) is 0 Å². The van der Waals surface area contributed by atoms with Crippen LogP contribution in [0.3, 0.4) is 0 Å². The average molecular weight is 153 g/mol. The zero-order valence-corrected chi connectivity index (χ0v) is 7.60. The molecule has 11 heavy (non-hydrogen) atoms. The molecule has 0 saturated heterocycles. The topological polar surface area (TPSA) is 0 Å². The highest BCUT2D eigenvalue weighted by Crippen LogP contribution is 2.39. The summed E-state index contributed by atoms with van der Waals surface area (Å²) < 4.78 is 8.12. The standard InChI is InChI=1S/C11H20/c1-9-5-6-10-3-2-4-11(7-9)8-10/h9-11H,2-8H2,1H3/t9-,10?,11?/m1/s1/i9D. The van der Waals surface area contributed by atoms with Gasteiger partial charge in [-0.2, -0.15) is 0 Å². The molecule has 2 saturated carbocycles. The van der Waals surface area contributed by atoms with Gasteiger partial charge in [0, 0.05) is 1.37 Å². The average Bonchev–Trinajstić information content (AvgIpc) is 2.09. The van der Waals surface area contributed by atoms with Gasteiger partial charge >= 0.3 is 0 Å². The maximum Gasteiger partial charge on any atom is 0.0300 e. The maximum absolute atomic E-state index is 8.12. The molecule has 0 amide bonds. The Morgan fingerprint density at radius 1 is 1.00 bits per heavy atom. The third kappa shape index (κ3) is 1.77. The second-order valence-electron chi connectivity index (χ2n) is 4.60. The lowest BCUT2D eigenvalue weighted by atomic mass is 9.80. The van der Waals surface area contributed by atoms with Gasteiger partial charge in [-0.1, -0.05) is 39.0 Å². The van der Waals surface area contributed by atoms with Gasteiger partial charge in [0.2, 0.25) is 0 Å². The minimum absolute atomic E-state index is 0.0935. The first-order chi connectivity index (χ1) is 5.66. The summed E-state index contributed by atoms with van der Waals surface area (Å²) in [5.41, 5.74) is 0. The van der Waals surface area contributed by atoms with Crippen LogP contribution in [0.25, 0.3) is 0 Å². The molecule has 0 nitrogen and oxygen atoms in total. The fraction of sp³-hybridized carbons (Fsp3) is 1.00. The van der Waals surface area contributed by atoms with Gasteiger partial charge in [-0.25, -0.2) is 0 Å². The van der Waals surface area contributed by atoms with Crippen LogP contribution >= 0.6 is 0 Å². The van der Waals surface area contributed by atoms with E-state index in [1.807, 2.05) is 0 Å². The summed E-state index contributed by atoms with van der Waals surface area (Å²) in [6, 6.07) is 0. The van der Waals surface area contributed by atoms with Crippen molar-refractivity contribution in [2.75, 3.05) is 0 Å². The number of fused-ring (bicyclic) bond motifs is 2. The normalized spacial score (nSPS) is 53.0. The molecule has 0 aromatic rings. The number of hydrogen-bond donors (Lipinski definition) is 0. The van der Waals surface area contributed by atoms with Crippen molar-refractivity contribution in [2.45, 2.75) is 51.9 Å². The fourth-order valence-corrected chi connectivity index (χ4v) is 2.90. The van der Waals surface area contributed by atoms with Gasteiger partial charge in [-0.05, 0) is 30.6 Å². The molecule has 0 heterocycles. The molecular formula is C11H20. The van der Waals surface area contributed by atoms with Crippen molar-refractivity contribution >= 4 is 0 Å². The largest absolute Gasteiger partial charge is 0.0625 e. The molecule has 0 N–H and O–H groups in total. The molecule has 0 radical (unpaired) electrons. The second kappa shape index (κ2) is 3.16. The van der Waals surface area contributed by atoms with Crippen LogP contribution in [0.4, 0.5) is 0 Å². The van der Waals surface area contributed by atoms with Crippen LogP contribution in [0.15, 0.2) is 0 Å². The van der Waals surface area contributed by atoms with Gasteiger partial charge in [0.05, 0.1) is 0 Å². The molecule has 2 unspecified atom stereocenters. The minimum atomic E-state index is -0.0935. The van der Waals surface area contributed by atoms with Crippen LogP contribution in [0.2, 0.25) is 0 Å². The summed E-state index contributed by atoms with van der Waals surface area (Å²) in [5.74, 6) is 1.79. The van der Waals surface area contributed by atoms with E-state index in [9.17, 15) is 0 Å². The predicted octanol–water partition coefficient (Wildman–Crippen LogP) is 3.61. The highest BCUT2D eigenvalue weighted by molar-refractivity contribution is 4.78. The van der Waals surface area contributed by atoms with Crippen molar-refractivity contribution in [1.82, 2.24) is 0 Å². The molecule has 0 aromatic heterocycles. The van der Waals surface area contributed by atoms with Gasteiger partial charge in [-0.15, -0.1) is 0 Å². The molecule has 2 aliphatic rings. The zero-order valence-electron chi connectivity index (χ0n) is 8.60. The summed E-state index contributed by atoms with van der Waals surface area (Å²) in [7, 11) is 0. The minimum Gasteiger partial charge on any atom is -0.0625 e. The van der Waals surface area contributed by atoms with Crippen LogP contribution in [-0.2, 0) is 0 Å². The van der Waals surface area contributed by atoms with Gasteiger partial charge in [0.15, 0.2) is 0 Å². The molecule has 0 aliphatic heterocycles. The van der Waals surface area contributed by atoms with Crippen LogP contribution in [0, 0.1) is 17.7 Å². The third-order valence-corrected chi connectivity index (χ3v) is 3.51. The van der Waals surface area contributed by atoms with Gasteiger partial charge in [-0.3, -0.25) is 0 Å². The molecule has 3 atom stereocenters. The Bertz CT molecular complexity index is 162. The molecular weight excluding hydrogens is 132 g/mol. The first kappa shape index (κ1) is 6.51. The van der Waals surface area contributed by atoms with E-state index >= 15 is 0 Å². The first-order valence-corrected chi connectivity index (χ1v) is 5.16. The lowest BCUT2D eigenvalue weighted by molar-refractivity contribution is 0.266. The van der Waals surface area contributed by atoms with Gasteiger partial charge in [0.1, 0.15) is 0 Å². The summed E-state index contributed by atoms with van der Waals surface area (Å²) in [6.07, 6.45) is 9.38. The second-order valence-corrected chi connectivity index (χ2v) is 4.60. The Morgan fingerprint density at radius 2 is 1.82 bits per heavy atom. The third-order valence-electron chi connectivity index (χ3n) is 3.51. The van der Waals surface area contributed by atoms with E-state index in [0.717, 1.165) is 18.3 Å². The van der Waals surface area contributed by atoms with E-state index in [1.165, 1.54) is 38.5 Å². The highest BCUT2D eigenvalue weighted by atomic mass is 14.3. The summed E-state index contributed by atoms with van der Waals surface area (Å²) in [6.45, 7) is 2.13. The number of rotatable bonds is 0. The predicted molar refractivity (Wildman–Crippen MR) is 48.5 cm³/mol. The van der Waals surface area contributed by atoms with Crippen molar-refractivity contribution in [2.24, 2.45) is 17.7 Å². The Morgan fingerprint density at radius 3 is 2.73 bits per heavy atom. The molecule has 0 aromatic carbocycles. The SMILES string of the molecule is [2H][C@@]1(C)CCC2CCCC(C2)C1. The van der Waals surface area contributed by atoms with Gasteiger partial charge < -0.3 is 0 Å². The quantitative estimate of drug-likeness (QED) is 0.498. The van der Waals surface area contributed by atoms with Crippen LogP contribution in [0.5, 0.6) is 0 Å². The lowest BCUT2D eigenvalue weighted by Gasteiger charge is -2.25. The Balaban J connectivity index is 2.05. The Kier molecular flexibility index (Phi) is 1.87. The smallest absolute Gasteiger partial charge is 0.0300 e. The summed E-state index contributed by atoms with van der Waals surface area (Å²) in [5, 5.41) is 0. The van der Waals surface area contributed by atoms with E-state index in [0.29, 0.717) is 0 Å². The van der Waals surface area contributed by atoms with Crippen LogP contribution in [0.1, 0.15) is 53.2 Å². The Hall–Kier alpha value is 0. The van der Waals surface area contributed by atoms with Crippen molar-refractivity contribution < 1.29 is 1.37 Å². The maximum atomic E-state index is 8.12. The first-order valence-electron chi connectivity index (χ1n) is 5.66. The van der Waals surface area contributed by atoms with Crippen molar-refractivity contribution in [3.05, 3.63) is 0 Å². The highest BCUT2D eigenvalue weighted by Gasteiger charge is 2.26. The van der Waals surface area contributed by atoms with Crippen molar-refractivity contribution in [1.29, 1.82) is 0 Å². The molecule has 2 fully saturated rings. The molecule has 2 bridgehead atoms. The van der Waals surface area contributed by atoms with E-state index < -0.39 is 0 Å². The van der Waals surface area contributed by atoms with Gasteiger partial charge in [0.25, 0.3) is 0 Å². The van der Waals surface area contributed by atoms with Crippen LogP contribution < -0.4 is 0 Å².